The molecule has 0 aromatic heterocycles. The van der Waals surface area contributed by atoms with Gasteiger partial charge in [-0.3, -0.25) is 0 Å². The summed E-state index contributed by atoms with van der Waals surface area (Å²) in [5.41, 5.74) is 7.27. The Morgan fingerprint density at radius 1 is 1.24 bits per heavy atom. The Balaban J connectivity index is 0. The normalized spacial score (nSPS) is 10.1. The van der Waals surface area contributed by atoms with Gasteiger partial charge in [0.1, 0.15) is 0 Å². The van der Waals surface area contributed by atoms with E-state index in [-0.39, 0.29) is 27.2 Å². The minimum atomic E-state index is -0.374. The number of nitrogens with two attached hydrogens (primary N) is 1. The monoisotopic (exact) mass is 363 g/mol. The largest absolute Gasteiger partial charge is 0.857 e. The van der Waals surface area contributed by atoms with Gasteiger partial charge in [-0.05, 0) is 0 Å². The van der Waals surface area contributed by atoms with Gasteiger partial charge >= 0.3 is 95.0 Å². The summed E-state index contributed by atoms with van der Waals surface area (Å²) >= 11 is 1.58. The van der Waals surface area contributed by atoms with Crippen LogP contribution in [0.15, 0.2) is 24.3 Å². The van der Waals surface area contributed by atoms with Gasteiger partial charge in [0, 0.05) is 0 Å². The first-order valence-corrected chi connectivity index (χ1v) is 9.98. The maximum atomic E-state index is 8.25. The van der Waals surface area contributed by atoms with Gasteiger partial charge in [-0.2, -0.15) is 14.2 Å². The van der Waals surface area contributed by atoms with Crippen molar-refractivity contribution in [3.8, 4) is 0 Å². The van der Waals surface area contributed by atoms with E-state index < -0.39 is 0 Å². The van der Waals surface area contributed by atoms with Crippen LogP contribution in [0.3, 0.4) is 0 Å². The molecule has 96 valence electrons. The zero-order valence-electron chi connectivity index (χ0n) is 10.9. The zero-order chi connectivity index (χ0) is 13.7. The van der Waals surface area contributed by atoms with E-state index in [4.69, 9.17) is 15.9 Å². The van der Waals surface area contributed by atoms with Gasteiger partial charge in [0.25, 0.3) is 0 Å². The molecule has 2 N–H and O–H groups in total. The van der Waals surface area contributed by atoms with Crippen LogP contribution in [0.2, 0.25) is 0 Å². The predicted octanol–water partition coefficient (Wildman–Crippen LogP) is -0.691. The maximum absolute atomic E-state index is 8.25. The molecular formula is C12H21NO2SSn. The number of hydrogen-bond acceptors (Lipinski definition) is 4. The SMILES string of the molecule is CS[CH2][Sn+2][c]1ccccc1C(C)N.C[O-].C[O-]. The Kier molecular flexibility index (Phi) is 16.5. The molecular weight excluding hydrogens is 341 g/mol. The van der Waals surface area contributed by atoms with E-state index in [1.165, 1.54) is 9.33 Å². The molecule has 0 saturated heterocycles. The third-order valence-electron chi connectivity index (χ3n) is 1.86. The van der Waals surface area contributed by atoms with Gasteiger partial charge in [0.05, 0.1) is 0 Å². The van der Waals surface area contributed by atoms with Gasteiger partial charge < -0.3 is 10.2 Å². The fraction of sp³-hybridized carbons (Fsp3) is 0.500. The second kappa shape index (κ2) is 14.3. The number of benzene rings is 1. The molecule has 1 aromatic rings. The van der Waals surface area contributed by atoms with E-state index in [2.05, 4.69) is 37.4 Å². The summed E-state index contributed by atoms with van der Waals surface area (Å²) in [6.07, 6.45) is 2.18. The third kappa shape index (κ3) is 8.90. The van der Waals surface area contributed by atoms with Crippen molar-refractivity contribution in [1.82, 2.24) is 0 Å². The van der Waals surface area contributed by atoms with Crippen LogP contribution in [-0.2, 0) is 0 Å². The Labute approximate surface area is 119 Å². The zero-order valence-corrected chi connectivity index (χ0v) is 14.6. The van der Waals surface area contributed by atoms with Gasteiger partial charge in [-0.15, -0.1) is 0 Å². The summed E-state index contributed by atoms with van der Waals surface area (Å²) in [6, 6.07) is 8.82. The van der Waals surface area contributed by atoms with Crippen LogP contribution in [0, 0.1) is 0 Å². The molecule has 0 fully saturated rings. The van der Waals surface area contributed by atoms with Crippen molar-refractivity contribution < 1.29 is 10.2 Å². The van der Waals surface area contributed by atoms with Gasteiger partial charge in [-0.25, -0.2) is 0 Å². The van der Waals surface area contributed by atoms with Crippen molar-refractivity contribution in [2.75, 3.05) is 24.2 Å². The molecule has 0 radical (unpaired) electrons. The van der Waals surface area contributed by atoms with Crippen LogP contribution in [0.1, 0.15) is 18.5 Å². The minimum Gasteiger partial charge on any atom is -0.857 e. The molecule has 0 aliphatic rings. The van der Waals surface area contributed by atoms with Crippen LogP contribution in [-0.4, -0.2) is 45.4 Å². The first-order chi connectivity index (χ1) is 8.25. The van der Waals surface area contributed by atoms with E-state index in [1.54, 1.807) is 3.58 Å². The molecule has 1 unspecified atom stereocenters. The second-order valence-electron chi connectivity index (χ2n) is 2.99. The van der Waals surface area contributed by atoms with E-state index in [9.17, 15) is 0 Å². The van der Waals surface area contributed by atoms with E-state index in [0.29, 0.717) is 0 Å². The molecule has 0 spiro atoms. The first-order valence-electron chi connectivity index (χ1n) is 5.14. The molecule has 0 aliphatic carbocycles. The van der Waals surface area contributed by atoms with Crippen molar-refractivity contribution in [2.24, 2.45) is 5.73 Å². The molecule has 1 aromatic carbocycles. The molecule has 0 saturated carbocycles. The number of hydrogen-bond donors (Lipinski definition) is 1. The standard InChI is InChI=1S/C8H10N.C2H5S.2CH3O.Sn/c1-7(9)8-5-3-2-4-6-8;1-3-2;2*1-2;/h2-5,7H,9H2,1H3;1H2,2H3;2*1H3;/q;;2*-1;+2. The summed E-state index contributed by atoms with van der Waals surface area (Å²) in [5.74, 6) is 0. The Hall–Kier alpha value is 0.249. The first kappa shape index (κ1) is 19.6. The molecule has 1 rings (SSSR count). The molecule has 0 bridgehead atoms. The summed E-state index contributed by atoms with van der Waals surface area (Å²) in [5, 5.41) is 16.5. The van der Waals surface area contributed by atoms with Crippen molar-refractivity contribution in [1.29, 1.82) is 0 Å². The fourth-order valence-corrected chi connectivity index (χ4v) is 6.15. The van der Waals surface area contributed by atoms with Crippen LogP contribution in [0.4, 0.5) is 0 Å². The van der Waals surface area contributed by atoms with Crippen LogP contribution in [0.25, 0.3) is 0 Å². The molecule has 0 aliphatic heterocycles. The van der Waals surface area contributed by atoms with E-state index in [1.807, 2.05) is 11.8 Å². The average molecular weight is 362 g/mol. The maximum Gasteiger partial charge on any atom is -0.153 e. The Morgan fingerprint density at radius 3 is 2.24 bits per heavy atom. The molecule has 5 heteroatoms. The van der Waals surface area contributed by atoms with Crippen LogP contribution in [0.5, 0.6) is 0 Å². The van der Waals surface area contributed by atoms with Crippen molar-refractivity contribution in [3.05, 3.63) is 29.8 Å². The average Bonchev–Trinajstić information content (AvgIpc) is 2.41. The summed E-state index contributed by atoms with van der Waals surface area (Å²) < 4.78 is 2.91. The summed E-state index contributed by atoms with van der Waals surface area (Å²) in [4.78, 5) is 0. The van der Waals surface area contributed by atoms with Gasteiger partial charge in [0.15, 0.2) is 0 Å². The summed E-state index contributed by atoms with van der Waals surface area (Å²) in [6.45, 7) is 2.07. The topological polar surface area (TPSA) is 72.1 Å². The Bertz CT molecular complexity index is 272. The van der Waals surface area contributed by atoms with Crippen LogP contribution >= 0.6 is 11.8 Å². The molecule has 0 heterocycles. The van der Waals surface area contributed by atoms with Crippen molar-refractivity contribution >= 4 is 36.5 Å². The van der Waals surface area contributed by atoms with Crippen LogP contribution < -0.4 is 19.5 Å². The van der Waals surface area contributed by atoms with E-state index >= 15 is 0 Å². The number of rotatable bonds is 4. The van der Waals surface area contributed by atoms with Crippen molar-refractivity contribution in [3.63, 3.8) is 0 Å². The second-order valence-corrected chi connectivity index (χ2v) is 8.87. The van der Waals surface area contributed by atoms with Crippen molar-refractivity contribution in [2.45, 2.75) is 13.0 Å². The summed E-state index contributed by atoms with van der Waals surface area (Å²) in [7, 11) is 1.50. The smallest absolute Gasteiger partial charge is 0.153 e. The van der Waals surface area contributed by atoms with Gasteiger partial charge in [-0.1, -0.05) is 0 Å². The Morgan fingerprint density at radius 2 is 1.76 bits per heavy atom. The molecule has 3 nitrogen and oxygen atoms in total. The molecule has 1 atom stereocenters. The third-order valence-corrected chi connectivity index (χ3v) is 8.39. The predicted molar refractivity (Wildman–Crippen MR) is 74.7 cm³/mol. The van der Waals surface area contributed by atoms with Gasteiger partial charge in [0.2, 0.25) is 0 Å². The quantitative estimate of drug-likeness (QED) is 0.720. The number of thioether (sulfide) groups is 1. The minimum absolute atomic E-state index is 0.193. The fourth-order valence-electron chi connectivity index (χ4n) is 1.20. The van der Waals surface area contributed by atoms with E-state index in [0.717, 1.165) is 14.2 Å². The molecule has 17 heavy (non-hydrogen) atoms. The molecule has 0 amide bonds.